The standard InChI is InChI=1S/C6H7IN2O2/c7-6-9-8-5(11-6)4-1-2-10-3-4/h4H,1-3H2. The molecule has 4 nitrogen and oxygen atoms in total. The van der Waals surface area contributed by atoms with E-state index >= 15 is 0 Å². The van der Waals surface area contributed by atoms with Crippen LogP contribution in [0.25, 0.3) is 0 Å². The lowest BCUT2D eigenvalue weighted by atomic mass is 10.1. The number of aromatic nitrogens is 2. The molecule has 11 heavy (non-hydrogen) atoms. The quantitative estimate of drug-likeness (QED) is 0.716. The first-order chi connectivity index (χ1) is 5.36. The highest BCUT2D eigenvalue weighted by molar-refractivity contribution is 14.1. The fraction of sp³-hybridized carbons (Fsp3) is 0.667. The van der Waals surface area contributed by atoms with Gasteiger partial charge in [-0.25, -0.2) is 0 Å². The second-order valence-corrected chi connectivity index (χ2v) is 3.38. The summed E-state index contributed by atoms with van der Waals surface area (Å²) in [5.74, 6) is 1.04. The Morgan fingerprint density at radius 1 is 1.45 bits per heavy atom. The SMILES string of the molecule is Ic1nnc(C2CCOC2)o1. The molecule has 1 aliphatic rings. The van der Waals surface area contributed by atoms with Gasteiger partial charge in [0.05, 0.1) is 12.5 Å². The largest absolute Gasteiger partial charge is 0.416 e. The van der Waals surface area contributed by atoms with E-state index in [0.29, 0.717) is 15.7 Å². The van der Waals surface area contributed by atoms with Crippen LogP contribution in [-0.4, -0.2) is 23.4 Å². The molecule has 1 aliphatic heterocycles. The predicted octanol–water partition coefficient (Wildman–Crippen LogP) is 1.18. The van der Waals surface area contributed by atoms with Gasteiger partial charge in [-0.1, -0.05) is 0 Å². The topological polar surface area (TPSA) is 48.2 Å². The van der Waals surface area contributed by atoms with Crippen LogP contribution < -0.4 is 0 Å². The maximum absolute atomic E-state index is 5.25. The van der Waals surface area contributed by atoms with E-state index in [2.05, 4.69) is 10.2 Å². The Labute approximate surface area is 77.5 Å². The van der Waals surface area contributed by atoms with Gasteiger partial charge < -0.3 is 9.15 Å². The molecule has 5 heteroatoms. The zero-order valence-electron chi connectivity index (χ0n) is 5.79. The third-order valence-corrected chi connectivity index (χ3v) is 2.13. The molecule has 1 aromatic heterocycles. The second kappa shape index (κ2) is 3.06. The molecule has 0 amide bonds. The first-order valence-electron chi connectivity index (χ1n) is 3.43. The van der Waals surface area contributed by atoms with Gasteiger partial charge in [-0.15, -0.1) is 10.2 Å². The summed E-state index contributed by atoms with van der Waals surface area (Å²) in [6.45, 7) is 1.53. The Bertz CT molecular complexity index is 244. The van der Waals surface area contributed by atoms with Crippen molar-refractivity contribution in [3.05, 3.63) is 9.79 Å². The summed E-state index contributed by atoms with van der Waals surface area (Å²) < 4.78 is 11.0. The van der Waals surface area contributed by atoms with Crippen molar-refractivity contribution in [1.82, 2.24) is 10.2 Å². The first kappa shape index (κ1) is 7.48. The average Bonchev–Trinajstić information content (AvgIpc) is 2.55. The monoisotopic (exact) mass is 266 g/mol. The fourth-order valence-electron chi connectivity index (χ4n) is 1.11. The van der Waals surface area contributed by atoms with E-state index in [0.717, 1.165) is 19.6 Å². The summed E-state index contributed by atoms with van der Waals surface area (Å²) in [4.78, 5) is 0. The van der Waals surface area contributed by atoms with Gasteiger partial charge in [0.25, 0.3) is 3.90 Å². The molecule has 0 aliphatic carbocycles. The normalized spacial score (nSPS) is 24.3. The van der Waals surface area contributed by atoms with Crippen LogP contribution >= 0.6 is 22.6 Å². The van der Waals surface area contributed by atoms with Crippen LogP contribution in [0.5, 0.6) is 0 Å². The molecule has 0 aromatic carbocycles. The molecule has 60 valence electrons. The molecule has 0 saturated carbocycles. The van der Waals surface area contributed by atoms with Gasteiger partial charge in [0.15, 0.2) is 0 Å². The number of hydrogen-bond acceptors (Lipinski definition) is 4. The highest BCUT2D eigenvalue weighted by Gasteiger charge is 2.22. The van der Waals surface area contributed by atoms with E-state index in [1.54, 1.807) is 0 Å². The number of nitrogens with zero attached hydrogens (tertiary/aromatic N) is 2. The summed E-state index contributed by atoms with van der Waals surface area (Å²) in [5.41, 5.74) is 0. The zero-order valence-corrected chi connectivity index (χ0v) is 7.95. The Morgan fingerprint density at radius 2 is 2.36 bits per heavy atom. The number of halogens is 1. The second-order valence-electron chi connectivity index (χ2n) is 2.45. The minimum Gasteiger partial charge on any atom is -0.416 e. The molecule has 2 rings (SSSR count). The van der Waals surface area contributed by atoms with Gasteiger partial charge in [-0.3, -0.25) is 0 Å². The Balaban J connectivity index is 2.15. The summed E-state index contributed by atoms with van der Waals surface area (Å²) in [7, 11) is 0. The summed E-state index contributed by atoms with van der Waals surface area (Å²) in [5, 5.41) is 7.67. The van der Waals surface area contributed by atoms with E-state index in [4.69, 9.17) is 9.15 Å². The molecule has 0 bridgehead atoms. The van der Waals surface area contributed by atoms with E-state index < -0.39 is 0 Å². The van der Waals surface area contributed by atoms with Gasteiger partial charge in [-0.05, 0) is 6.42 Å². The minimum atomic E-state index is 0.325. The van der Waals surface area contributed by atoms with Crippen molar-refractivity contribution in [3.8, 4) is 0 Å². The number of ether oxygens (including phenoxy) is 1. The first-order valence-corrected chi connectivity index (χ1v) is 4.51. The number of hydrogen-bond donors (Lipinski definition) is 0. The van der Waals surface area contributed by atoms with Crippen LogP contribution in [0.3, 0.4) is 0 Å². The van der Waals surface area contributed by atoms with Gasteiger partial charge in [-0.2, -0.15) is 0 Å². The smallest absolute Gasteiger partial charge is 0.278 e. The zero-order chi connectivity index (χ0) is 7.68. The van der Waals surface area contributed by atoms with E-state index in [9.17, 15) is 0 Å². The minimum absolute atomic E-state index is 0.325. The molecule has 2 heterocycles. The van der Waals surface area contributed by atoms with Gasteiger partial charge in [0.2, 0.25) is 5.89 Å². The highest BCUT2D eigenvalue weighted by atomic mass is 127. The molecule has 1 atom stereocenters. The van der Waals surface area contributed by atoms with Crippen LogP contribution in [-0.2, 0) is 4.74 Å². The van der Waals surface area contributed by atoms with Crippen LogP contribution in [0.2, 0.25) is 0 Å². The Morgan fingerprint density at radius 3 is 2.91 bits per heavy atom. The van der Waals surface area contributed by atoms with Crippen LogP contribution in [0.4, 0.5) is 0 Å². The molecule has 0 radical (unpaired) electrons. The van der Waals surface area contributed by atoms with E-state index in [1.165, 1.54) is 0 Å². The van der Waals surface area contributed by atoms with Crippen LogP contribution in [0, 0.1) is 3.90 Å². The summed E-state index contributed by atoms with van der Waals surface area (Å²) in [6.07, 6.45) is 0.998. The predicted molar refractivity (Wildman–Crippen MR) is 45.2 cm³/mol. The van der Waals surface area contributed by atoms with E-state index in [1.807, 2.05) is 22.6 Å². The third-order valence-electron chi connectivity index (χ3n) is 1.69. The van der Waals surface area contributed by atoms with Crippen molar-refractivity contribution < 1.29 is 9.15 Å². The summed E-state index contributed by atoms with van der Waals surface area (Å²) in [6, 6.07) is 0. The fourth-order valence-corrected chi connectivity index (χ4v) is 1.44. The molecule has 1 fully saturated rings. The molecule has 0 N–H and O–H groups in total. The molecular formula is C6H7IN2O2. The van der Waals surface area contributed by atoms with Crippen molar-refractivity contribution in [1.29, 1.82) is 0 Å². The Hall–Kier alpha value is -0.170. The molecule has 1 aromatic rings. The molecular weight excluding hydrogens is 259 g/mol. The van der Waals surface area contributed by atoms with Crippen LogP contribution in [0.15, 0.2) is 4.42 Å². The van der Waals surface area contributed by atoms with Crippen molar-refractivity contribution >= 4 is 22.6 Å². The van der Waals surface area contributed by atoms with Gasteiger partial charge in [0.1, 0.15) is 0 Å². The van der Waals surface area contributed by atoms with Crippen LogP contribution in [0.1, 0.15) is 18.2 Å². The lowest BCUT2D eigenvalue weighted by Gasteiger charge is -1.97. The van der Waals surface area contributed by atoms with Gasteiger partial charge in [0, 0.05) is 29.2 Å². The van der Waals surface area contributed by atoms with Crippen molar-refractivity contribution in [2.75, 3.05) is 13.2 Å². The lowest BCUT2D eigenvalue weighted by molar-refractivity contribution is 0.190. The maximum atomic E-state index is 5.25. The molecule has 0 spiro atoms. The molecule has 1 saturated heterocycles. The van der Waals surface area contributed by atoms with E-state index in [-0.39, 0.29) is 0 Å². The third kappa shape index (κ3) is 1.53. The number of rotatable bonds is 1. The lowest BCUT2D eigenvalue weighted by Crippen LogP contribution is -1.97. The van der Waals surface area contributed by atoms with Crippen molar-refractivity contribution in [2.24, 2.45) is 0 Å². The average molecular weight is 266 g/mol. The maximum Gasteiger partial charge on any atom is 0.278 e. The summed E-state index contributed by atoms with van der Waals surface area (Å²) >= 11 is 2.01. The Kier molecular flexibility index (Phi) is 2.08. The van der Waals surface area contributed by atoms with Gasteiger partial charge >= 0.3 is 0 Å². The molecule has 1 unspecified atom stereocenters. The highest BCUT2D eigenvalue weighted by Crippen LogP contribution is 2.23. The van der Waals surface area contributed by atoms with Crippen molar-refractivity contribution in [2.45, 2.75) is 12.3 Å². The van der Waals surface area contributed by atoms with Crippen molar-refractivity contribution in [3.63, 3.8) is 0 Å².